The average molecular weight is 592 g/mol. The van der Waals surface area contributed by atoms with Crippen LogP contribution in [0.3, 0.4) is 0 Å². The van der Waals surface area contributed by atoms with Gasteiger partial charge in [-0.3, -0.25) is 18.8 Å². The van der Waals surface area contributed by atoms with Crippen molar-refractivity contribution < 1.29 is 31.9 Å². The minimum absolute atomic E-state index is 0.280. The Hall–Kier alpha value is -3.61. The lowest BCUT2D eigenvalue weighted by atomic mass is 9.96. The molecule has 0 bridgehead atoms. The molecule has 4 atom stereocenters. The molecule has 2 aliphatic rings. The Bertz CT molecular complexity index is 1500. The van der Waals surface area contributed by atoms with Crippen LogP contribution in [0, 0.1) is 5.82 Å². The summed E-state index contributed by atoms with van der Waals surface area (Å²) in [5.41, 5.74) is 1.10. The number of H-pyrrole nitrogens is 1. The van der Waals surface area contributed by atoms with Crippen LogP contribution in [-0.2, 0) is 24.3 Å². The molecule has 0 spiro atoms. The van der Waals surface area contributed by atoms with Crippen molar-refractivity contribution in [1.29, 1.82) is 0 Å². The highest BCUT2D eigenvalue weighted by atomic mass is 32.2. The summed E-state index contributed by atoms with van der Waals surface area (Å²) < 4.78 is 45.9. The number of ether oxygens (including phenoxy) is 1. The molecule has 4 unspecified atom stereocenters. The number of nitrogens with zero attached hydrogens (tertiary/aromatic N) is 3. The zero-order valence-electron chi connectivity index (χ0n) is 24.4. The fourth-order valence-electron chi connectivity index (χ4n) is 5.38. The Morgan fingerprint density at radius 2 is 1.95 bits per heavy atom. The van der Waals surface area contributed by atoms with E-state index in [-0.39, 0.29) is 18.9 Å². The fraction of sp³-hybridized carbons (Fsp3) is 0.536. The van der Waals surface area contributed by atoms with Crippen molar-refractivity contribution in [2.45, 2.75) is 77.2 Å². The number of likely N-dealkylation sites (tertiary alicyclic amines) is 1. The van der Waals surface area contributed by atoms with Crippen LogP contribution in [0.4, 0.5) is 9.18 Å². The molecule has 13 heteroatoms. The number of carbonyl (C=O) groups is 3. The van der Waals surface area contributed by atoms with Crippen LogP contribution >= 0.6 is 0 Å². The van der Waals surface area contributed by atoms with Crippen LogP contribution in [0.5, 0.6) is 0 Å². The first kappa shape index (κ1) is 30.4. The Labute approximate surface area is 239 Å². The predicted molar refractivity (Wildman–Crippen MR) is 153 cm³/mol. The van der Waals surface area contributed by atoms with Crippen molar-refractivity contribution >= 4 is 44.4 Å². The molecular formula is C28H38FN5O6S. The molecule has 4 rings (SSSR count). The summed E-state index contributed by atoms with van der Waals surface area (Å²) in [6.07, 6.45) is 4.38. The van der Waals surface area contributed by atoms with E-state index >= 15 is 0 Å². The lowest BCUT2D eigenvalue weighted by Crippen LogP contribution is -2.55. The second-order valence-electron chi connectivity index (χ2n) is 11.6. The lowest BCUT2D eigenvalue weighted by Gasteiger charge is -2.32. The maximum atomic E-state index is 13.9. The third kappa shape index (κ3) is 6.04. The van der Waals surface area contributed by atoms with Gasteiger partial charge in [-0.1, -0.05) is 6.92 Å². The van der Waals surface area contributed by atoms with Gasteiger partial charge in [0.2, 0.25) is 21.8 Å². The number of rotatable bonds is 7. The molecule has 0 radical (unpaired) electrons. The first-order valence-corrected chi connectivity index (χ1v) is 15.4. The molecule has 1 fully saturated rings. The van der Waals surface area contributed by atoms with Crippen molar-refractivity contribution in [1.82, 2.24) is 24.4 Å². The lowest BCUT2D eigenvalue weighted by molar-refractivity contribution is -0.137. The third-order valence-corrected chi connectivity index (χ3v) is 8.71. The summed E-state index contributed by atoms with van der Waals surface area (Å²) in [7, 11) is -2.19. The van der Waals surface area contributed by atoms with Gasteiger partial charge in [0.05, 0.1) is 18.3 Å². The molecule has 2 aliphatic heterocycles. The minimum atomic E-state index is -3.65. The summed E-state index contributed by atoms with van der Waals surface area (Å²) in [6.45, 7) is 8.77. The normalized spacial score (nSPS) is 20.4. The van der Waals surface area contributed by atoms with Crippen LogP contribution in [0.25, 0.3) is 16.5 Å². The standard InChI is InChI=1S/C28H38FN5O6S/c1-8-21(31-25(35)16(2)32(6)27(37)40-28(3,4)5)26(36)33-12-11-23-24(33)20(15-34(23)41(7,38)39)19-14-30-22-13-17(29)9-10-18(19)22/h9-10,13-16,21,23-24,30H,8,11-12H2,1-7H3,(H,31,35). The number of hydrogen-bond acceptors (Lipinski definition) is 6. The Balaban J connectivity index is 1.59. The number of sulfonamides is 1. The quantitative estimate of drug-likeness (QED) is 0.509. The molecule has 1 aromatic carbocycles. The van der Waals surface area contributed by atoms with Crippen molar-refractivity contribution in [3.8, 4) is 0 Å². The van der Waals surface area contributed by atoms with Gasteiger partial charge in [0.15, 0.2) is 0 Å². The van der Waals surface area contributed by atoms with Gasteiger partial charge in [-0.05, 0) is 58.7 Å². The zero-order chi connectivity index (χ0) is 30.4. The number of carbonyl (C=O) groups excluding carboxylic acids is 3. The number of halogens is 1. The number of aromatic nitrogens is 1. The Kier molecular flexibility index (Phi) is 8.14. The van der Waals surface area contributed by atoms with Crippen molar-refractivity contribution in [2.75, 3.05) is 19.8 Å². The number of amides is 3. The minimum Gasteiger partial charge on any atom is -0.444 e. The Morgan fingerprint density at radius 1 is 1.27 bits per heavy atom. The molecular weight excluding hydrogens is 553 g/mol. The van der Waals surface area contributed by atoms with Gasteiger partial charge >= 0.3 is 6.09 Å². The fourth-order valence-corrected chi connectivity index (χ4v) is 6.40. The van der Waals surface area contributed by atoms with Gasteiger partial charge in [-0.25, -0.2) is 17.6 Å². The molecule has 2 aromatic rings. The van der Waals surface area contributed by atoms with E-state index in [9.17, 15) is 27.2 Å². The summed E-state index contributed by atoms with van der Waals surface area (Å²) in [6, 6.07) is 1.38. The highest BCUT2D eigenvalue weighted by Crippen LogP contribution is 2.43. The molecule has 0 saturated carbocycles. The number of hydrogen-bond donors (Lipinski definition) is 2. The number of nitrogens with one attached hydrogen (secondary N) is 2. The van der Waals surface area contributed by atoms with E-state index in [4.69, 9.17) is 4.74 Å². The van der Waals surface area contributed by atoms with Crippen LogP contribution in [-0.4, -0.2) is 95.0 Å². The third-order valence-electron chi connectivity index (χ3n) is 7.56. The molecule has 3 heterocycles. The number of aromatic amines is 1. The predicted octanol–water partition coefficient (Wildman–Crippen LogP) is 3.04. The van der Waals surface area contributed by atoms with E-state index in [1.54, 1.807) is 58.0 Å². The molecule has 41 heavy (non-hydrogen) atoms. The zero-order valence-corrected chi connectivity index (χ0v) is 25.2. The van der Waals surface area contributed by atoms with Gasteiger partial charge in [-0.15, -0.1) is 0 Å². The van der Waals surface area contributed by atoms with Crippen LogP contribution < -0.4 is 5.32 Å². The summed E-state index contributed by atoms with van der Waals surface area (Å²) in [5.74, 6) is -1.28. The SMILES string of the molecule is CCC(NC(=O)C(C)N(C)C(=O)OC(C)(C)C)C(=O)N1CCC2C1C(c1c[nH]c3cc(F)ccc13)=CN2S(C)(=O)=O. The maximum absolute atomic E-state index is 13.9. The van der Waals surface area contributed by atoms with Crippen molar-refractivity contribution in [2.24, 2.45) is 0 Å². The molecule has 3 amide bonds. The van der Waals surface area contributed by atoms with Crippen molar-refractivity contribution in [3.05, 3.63) is 42.0 Å². The molecule has 224 valence electrons. The van der Waals surface area contributed by atoms with E-state index in [1.807, 2.05) is 0 Å². The van der Waals surface area contributed by atoms with Gasteiger partial charge in [0.25, 0.3) is 0 Å². The number of likely N-dealkylation sites (N-methyl/N-ethyl adjacent to an activating group) is 1. The van der Waals surface area contributed by atoms with Crippen LogP contribution in [0.1, 0.15) is 53.0 Å². The van der Waals surface area contributed by atoms with Gasteiger partial charge < -0.3 is 19.9 Å². The van der Waals surface area contributed by atoms with E-state index in [0.717, 1.165) is 6.26 Å². The molecule has 11 nitrogen and oxygen atoms in total. The summed E-state index contributed by atoms with van der Waals surface area (Å²) in [5, 5.41) is 3.47. The van der Waals surface area contributed by atoms with Crippen molar-refractivity contribution in [3.63, 3.8) is 0 Å². The monoisotopic (exact) mass is 591 g/mol. The highest BCUT2D eigenvalue weighted by molar-refractivity contribution is 7.88. The van der Waals surface area contributed by atoms with Gasteiger partial charge in [-0.2, -0.15) is 0 Å². The summed E-state index contributed by atoms with van der Waals surface area (Å²) in [4.78, 5) is 45.3. The molecule has 0 aliphatic carbocycles. The van der Waals surface area contributed by atoms with E-state index in [2.05, 4.69) is 10.3 Å². The van der Waals surface area contributed by atoms with E-state index < -0.39 is 57.6 Å². The number of fused-ring (bicyclic) bond motifs is 2. The molecule has 2 N–H and O–H groups in total. The van der Waals surface area contributed by atoms with Gasteiger partial charge in [0, 0.05) is 48.0 Å². The largest absolute Gasteiger partial charge is 0.444 e. The Morgan fingerprint density at radius 3 is 2.56 bits per heavy atom. The van der Waals surface area contributed by atoms with Crippen LogP contribution in [0.2, 0.25) is 0 Å². The first-order chi connectivity index (χ1) is 19.0. The van der Waals surface area contributed by atoms with E-state index in [0.29, 0.717) is 28.5 Å². The van der Waals surface area contributed by atoms with Crippen LogP contribution in [0.15, 0.2) is 30.6 Å². The smallest absolute Gasteiger partial charge is 0.410 e. The molecule has 1 aromatic heterocycles. The second kappa shape index (κ2) is 11.0. The summed E-state index contributed by atoms with van der Waals surface area (Å²) >= 11 is 0. The highest BCUT2D eigenvalue weighted by Gasteiger charge is 2.50. The molecule has 1 saturated heterocycles. The van der Waals surface area contributed by atoms with Gasteiger partial charge in [0.1, 0.15) is 23.5 Å². The van der Waals surface area contributed by atoms with E-state index in [1.165, 1.54) is 28.4 Å². The number of benzene rings is 1. The topological polar surface area (TPSA) is 132 Å². The maximum Gasteiger partial charge on any atom is 0.410 e. The second-order valence-corrected chi connectivity index (χ2v) is 13.5. The average Bonchev–Trinajstić information content (AvgIpc) is 3.58. The first-order valence-electron chi connectivity index (χ1n) is 13.6.